The van der Waals surface area contributed by atoms with Gasteiger partial charge in [0.15, 0.2) is 0 Å². The van der Waals surface area contributed by atoms with E-state index in [2.05, 4.69) is 16.3 Å². The van der Waals surface area contributed by atoms with E-state index in [1.54, 1.807) is 0 Å². The molecule has 0 radical (unpaired) electrons. The smallest absolute Gasteiger partial charge is 0.278 e. The minimum atomic E-state index is -0.268. The molecular weight excluding hydrogens is 402 g/mol. The summed E-state index contributed by atoms with van der Waals surface area (Å²) < 4.78 is 5.40. The summed E-state index contributed by atoms with van der Waals surface area (Å²) in [5, 5.41) is 3.29. The van der Waals surface area contributed by atoms with Crippen molar-refractivity contribution in [3.8, 4) is 0 Å². The summed E-state index contributed by atoms with van der Waals surface area (Å²) in [6.07, 6.45) is 0. The molecule has 168 valence electrons. The van der Waals surface area contributed by atoms with Gasteiger partial charge < -0.3 is 10.1 Å². The Bertz CT molecular complexity index is 1060. The van der Waals surface area contributed by atoms with Crippen molar-refractivity contribution in [2.75, 3.05) is 44.7 Å². The highest BCUT2D eigenvalue weighted by Gasteiger charge is 2.39. The predicted molar refractivity (Wildman–Crippen MR) is 126 cm³/mol. The van der Waals surface area contributed by atoms with Crippen molar-refractivity contribution < 1.29 is 14.3 Å². The molecule has 32 heavy (non-hydrogen) atoms. The van der Waals surface area contributed by atoms with Crippen LogP contribution >= 0.6 is 0 Å². The molecule has 0 aliphatic carbocycles. The summed E-state index contributed by atoms with van der Waals surface area (Å²) in [5.41, 5.74) is 6.82. The minimum Gasteiger partial charge on any atom is -0.379 e. The molecule has 4 rings (SSSR count). The molecule has 0 unspecified atom stereocenters. The van der Waals surface area contributed by atoms with Gasteiger partial charge in [-0.3, -0.25) is 19.4 Å². The number of aryl methyl sites for hydroxylation is 4. The molecule has 2 aliphatic heterocycles. The Kier molecular flexibility index (Phi) is 6.44. The zero-order chi connectivity index (χ0) is 22.8. The monoisotopic (exact) mass is 433 g/mol. The topological polar surface area (TPSA) is 61.9 Å². The summed E-state index contributed by atoms with van der Waals surface area (Å²) in [6, 6.07) is 12.0. The Labute approximate surface area is 189 Å². The van der Waals surface area contributed by atoms with Crippen molar-refractivity contribution in [3.05, 3.63) is 69.9 Å². The highest BCUT2D eigenvalue weighted by Crippen LogP contribution is 2.31. The minimum absolute atomic E-state index is 0.238. The van der Waals surface area contributed by atoms with Crippen LogP contribution in [0.2, 0.25) is 0 Å². The Morgan fingerprint density at radius 3 is 2.19 bits per heavy atom. The van der Waals surface area contributed by atoms with E-state index in [-0.39, 0.29) is 11.8 Å². The summed E-state index contributed by atoms with van der Waals surface area (Å²) >= 11 is 0. The molecule has 2 amide bonds. The summed E-state index contributed by atoms with van der Waals surface area (Å²) in [6.45, 7) is 12.1. The number of hydrogen-bond acceptors (Lipinski definition) is 5. The molecule has 0 spiro atoms. The number of anilines is 1. The standard InChI is InChI=1S/C26H31N3O3/c1-17-13-18(2)15-22(14-17)27-24-23(21-6-5-19(3)20(4)16-21)25(30)29(26(24)31)8-7-28-9-11-32-12-10-28/h5-6,13-16,27H,7-12H2,1-4H3. The largest absolute Gasteiger partial charge is 0.379 e. The number of nitrogens with one attached hydrogen (secondary N) is 1. The van der Waals surface area contributed by atoms with Gasteiger partial charge in [-0.1, -0.05) is 24.3 Å². The first-order valence-corrected chi connectivity index (χ1v) is 11.2. The Hall–Kier alpha value is -2.96. The van der Waals surface area contributed by atoms with Crippen LogP contribution in [0.5, 0.6) is 0 Å². The van der Waals surface area contributed by atoms with Crippen LogP contribution in [-0.2, 0) is 14.3 Å². The average molecular weight is 434 g/mol. The van der Waals surface area contributed by atoms with Crippen molar-refractivity contribution in [1.82, 2.24) is 9.80 Å². The van der Waals surface area contributed by atoms with Crippen LogP contribution in [0, 0.1) is 27.7 Å². The lowest BCUT2D eigenvalue weighted by Gasteiger charge is -2.28. The maximum Gasteiger partial charge on any atom is 0.278 e. The van der Waals surface area contributed by atoms with Gasteiger partial charge in [0.2, 0.25) is 0 Å². The molecule has 0 aromatic heterocycles. The predicted octanol–water partition coefficient (Wildman–Crippen LogP) is 3.44. The third kappa shape index (κ3) is 4.61. The number of ether oxygens (including phenoxy) is 1. The molecule has 1 saturated heterocycles. The first kappa shape index (κ1) is 22.2. The quantitative estimate of drug-likeness (QED) is 0.707. The fourth-order valence-electron chi connectivity index (χ4n) is 4.32. The fraction of sp³-hybridized carbons (Fsp3) is 0.385. The Balaban J connectivity index is 1.67. The van der Waals surface area contributed by atoms with Crippen molar-refractivity contribution in [2.24, 2.45) is 0 Å². The normalized spacial score (nSPS) is 17.4. The van der Waals surface area contributed by atoms with Crippen LogP contribution in [-0.4, -0.2) is 61.0 Å². The fourth-order valence-corrected chi connectivity index (χ4v) is 4.32. The zero-order valence-electron chi connectivity index (χ0n) is 19.3. The third-order valence-electron chi connectivity index (χ3n) is 6.20. The van der Waals surface area contributed by atoms with Crippen LogP contribution in [0.15, 0.2) is 42.1 Å². The molecule has 0 atom stereocenters. The van der Waals surface area contributed by atoms with Gasteiger partial charge in [-0.2, -0.15) is 0 Å². The molecule has 6 nitrogen and oxygen atoms in total. The first-order chi connectivity index (χ1) is 15.3. The van der Waals surface area contributed by atoms with Gasteiger partial charge in [0, 0.05) is 31.9 Å². The van der Waals surface area contributed by atoms with E-state index in [1.165, 1.54) is 4.90 Å². The second-order valence-electron chi connectivity index (χ2n) is 8.77. The maximum atomic E-state index is 13.5. The van der Waals surface area contributed by atoms with E-state index < -0.39 is 0 Å². The van der Waals surface area contributed by atoms with Crippen LogP contribution in [0.1, 0.15) is 27.8 Å². The summed E-state index contributed by atoms with van der Waals surface area (Å²) in [7, 11) is 0. The molecule has 1 N–H and O–H groups in total. The Morgan fingerprint density at radius 2 is 1.53 bits per heavy atom. The number of benzene rings is 2. The number of carbonyl (C=O) groups excluding carboxylic acids is 2. The van der Waals surface area contributed by atoms with Gasteiger partial charge in [0.1, 0.15) is 5.70 Å². The molecule has 1 fully saturated rings. The van der Waals surface area contributed by atoms with Gasteiger partial charge in [-0.05, 0) is 67.6 Å². The number of nitrogens with zero attached hydrogens (tertiary/aromatic N) is 2. The lowest BCUT2D eigenvalue weighted by Crippen LogP contribution is -2.43. The first-order valence-electron chi connectivity index (χ1n) is 11.2. The summed E-state index contributed by atoms with van der Waals surface area (Å²) in [4.78, 5) is 30.5. The lowest BCUT2D eigenvalue weighted by molar-refractivity contribution is -0.137. The second-order valence-corrected chi connectivity index (χ2v) is 8.77. The van der Waals surface area contributed by atoms with Gasteiger partial charge in [0.05, 0.1) is 18.8 Å². The number of imide groups is 1. The molecule has 0 bridgehead atoms. The zero-order valence-corrected chi connectivity index (χ0v) is 19.3. The molecule has 2 aromatic carbocycles. The average Bonchev–Trinajstić information content (AvgIpc) is 2.98. The van der Waals surface area contributed by atoms with E-state index in [4.69, 9.17) is 4.74 Å². The summed E-state index contributed by atoms with van der Waals surface area (Å²) in [5.74, 6) is -0.506. The van der Waals surface area contributed by atoms with Crippen LogP contribution in [0.25, 0.3) is 5.57 Å². The van der Waals surface area contributed by atoms with E-state index in [0.29, 0.717) is 37.6 Å². The third-order valence-corrected chi connectivity index (χ3v) is 6.20. The Morgan fingerprint density at radius 1 is 0.844 bits per heavy atom. The molecule has 2 heterocycles. The highest BCUT2D eigenvalue weighted by molar-refractivity contribution is 6.36. The van der Waals surface area contributed by atoms with Gasteiger partial charge in [-0.25, -0.2) is 0 Å². The van der Waals surface area contributed by atoms with Gasteiger partial charge >= 0.3 is 0 Å². The highest BCUT2D eigenvalue weighted by atomic mass is 16.5. The molecule has 2 aliphatic rings. The number of rotatable bonds is 6. The van der Waals surface area contributed by atoms with Crippen molar-refractivity contribution in [1.29, 1.82) is 0 Å². The van der Waals surface area contributed by atoms with Crippen molar-refractivity contribution in [3.63, 3.8) is 0 Å². The van der Waals surface area contributed by atoms with E-state index in [0.717, 1.165) is 46.6 Å². The van der Waals surface area contributed by atoms with Crippen molar-refractivity contribution in [2.45, 2.75) is 27.7 Å². The van der Waals surface area contributed by atoms with Gasteiger partial charge in [0.25, 0.3) is 11.8 Å². The number of hydrogen-bond donors (Lipinski definition) is 1. The van der Waals surface area contributed by atoms with E-state index in [1.807, 2.05) is 58.0 Å². The SMILES string of the molecule is Cc1cc(C)cc(NC2=C(c3ccc(C)c(C)c3)C(=O)N(CCN3CCOCC3)C2=O)c1. The van der Waals surface area contributed by atoms with Crippen LogP contribution < -0.4 is 5.32 Å². The maximum absolute atomic E-state index is 13.5. The number of carbonyl (C=O) groups is 2. The molecular formula is C26H31N3O3. The number of morpholine rings is 1. The van der Waals surface area contributed by atoms with Crippen LogP contribution in [0.3, 0.4) is 0 Å². The lowest BCUT2D eigenvalue weighted by atomic mass is 9.99. The van der Waals surface area contributed by atoms with Crippen molar-refractivity contribution >= 4 is 23.1 Å². The van der Waals surface area contributed by atoms with Gasteiger partial charge in [-0.15, -0.1) is 0 Å². The molecule has 0 saturated carbocycles. The van der Waals surface area contributed by atoms with E-state index in [9.17, 15) is 9.59 Å². The molecule has 6 heteroatoms. The number of amides is 2. The van der Waals surface area contributed by atoms with E-state index >= 15 is 0 Å². The second kappa shape index (κ2) is 9.27. The molecule has 2 aromatic rings. The van der Waals surface area contributed by atoms with Crippen LogP contribution in [0.4, 0.5) is 5.69 Å².